The summed E-state index contributed by atoms with van der Waals surface area (Å²) in [5.41, 5.74) is 3.18. The number of carbonyl (C=O) groups is 1. The Labute approximate surface area is 337 Å². The number of rotatable bonds is 20. The van der Waals surface area contributed by atoms with E-state index in [1.807, 2.05) is 23.1 Å². The number of carbonyl (C=O) groups excluding carboxylic acids is 1. The molecule has 5 aliphatic rings. The second kappa shape index (κ2) is 19.3. The van der Waals surface area contributed by atoms with E-state index in [0.29, 0.717) is 49.5 Å². The molecule has 0 radical (unpaired) electrons. The molecule has 1 amide bonds. The number of allylic oxidation sites excluding steroid dienone is 1. The molecule has 3 fully saturated rings. The van der Waals surface area contributed by atoms with Crippen LogP contribution in [0, 0.1) is 29.5 Å². The Morgan fingerprint density at radius 2 is 1.88 bits per heavy atom. The van der Waals surface area contributed by atoms with Gasteiger partial charge >= 0.3 is 0 Å². The van der Waals surface area contributed by atoms with E-state index in [1.165, 1.54) is 6.07 Å². The molecular formula is C46H61FN2O8. The van der Waals surface area contributed by atoms with Gasteiger partial charge in [-0.15, -0.1) is 6.58 Å². The monoisotopic (exact) mass is 788 g/mol. The molecule has 310 valence electrons. The largest absolute Gasteiger partial charge is 0.489 e. The molecule has 57 heavy (non-hydrogen) atoms. The average molecular weight is 789 g/mol. The van der Waals surface area contributed by atoms with Crippen molar-refractivity contribution in [1.29, 1.82) is 0 Å². The lowest BCUT2D eigenvalue weighted by atomic mass is 9.55. The summed E-state index contributed by atoms with van der Waals surface area (Å²) in [5, 5.41) is 24.7. The van der Waals surface area contributed by atoms with Crippen LogP contribution < -0.4 is 9.47 Å². The fourth-order valence-electron chi connectivity index (χ4n) is 9.66. The summed E-state index contributed by atoms with van der Waals surface area (Å²) in [6.45, 7) is 7.78. The van der Waals surface area contributed by atoms with Crippen LogP contribution in [0.15, 0.2) is 71.9 Å². The van der Waals surface area contributed by atoms with E-state index >= 15 is 0 Å². The number of hydrogen-bond donors (Lipinski definition) is 2. The van der Waals surface area contributed by atoms with Gasteiger partial charge in [-0.25, -0.2) is 4.39 Å². The number of hydrogen-bond acceptors (Lipinski definition) is 9. The first-order chi connectivity index (χ1) is 27.9. The minimum Gasteiger partial charge on any atom is -0.489 e. The smallest absolute Gasteiger partial charge is 0.239 e. The quantitative estimate of drug-likeness (QED) is 0.0784. The predicted molar refractivity (Wildman–Crippen MR) is 215 cm³/mol. The molecule has 2 aromatic rings. The molecule has 11 heteroatoms. The van der Waals surface area contributed by atoms with Crippen molar-refractivity contribution in [3.05, 3.63) is 83.7 Å². The molecular weight excluding hydrogens is 728 g/mol. The summed E-state index contributed by atoms with van der Waals surface area (Å²) < 4.78 is 41.4. The van der Waals surface area contributed by atoms with Crippen LogP contribution >= 0.6 is 0 Å². The van der Waals surface area contributed by atoms with Crippen LogP contribution in [0.5, 0.6) is 11.5 Å². The van der Waals surface area contributed by atoms with E-state index in [9.17, 15) is 19.4 Å². The van der Waals surface area contributed by atoms with E-state index in [4.69, 9.17) is 28.9 Å². The molecule has 3 aliphatic carbocycles. The minimum absolute atomic E-state index is 0.0217. The normalized spacial score (nSPS) is 28.4. The first-order valence-corrected chi connectivity index (χ1v) is 21.4. The molecule has 2 heterocycles. The predicted octanol–water partition coefficient (Wildman–Crippen LogP) is 8.21. The third kappa shape index (κ3) is 9.12. The van der Waals surface area contributed by atoms with Crippen molar-refractivity contribution in [2.75, 3.05) is 33.0 Å². The number of aliphatic hydroxyl groups is 2. The van der Waals surface area contributed by atoms with E-state index in [0.717, 1.165) is 81.1 Å². The van der Waals surface area contributed by atoms with Crippen molar-refractivity contribution < 1.29 is 43.2 Å². The third-order valence-electron chi connectivity index (χ3n) is 12.5. The molecule has 0 aromatic heterocycles. The topological polar surface area (TPSA) is 119 Å². The SMILES string of the molecule is C=CCOC12Oc3ccc(OCc4ccccc4F)cc3C3C(CCCCO)C(CCCCO)C=C(C(=NOC4CCCCO4)CC1N(CCC)C(=O)C1CC1)C32. The highest BCUT2D eigenvalue weighted by molar-refractivity contribution is 6.03. The summed E-state index contributed by atoms with van der Waals surface area (Å²) in [4.78, 5) is 22.6. The molecule has 10 nitrogen and oxygen atoms in total. The van der Waals surface area contributed by atoms with Crippen LogP contribution in [0.4, 0.5) is 4.39 Å². The molecule has 0 bridgehead atoms. The number of amides is 1. The van der Waals surface area contributed by atoms with Gasteiger partial charge in [0.05, 0.1) is 24.8 Å². The Balaban J connectivity index is 1.40. The number of unbranched alkanes of at least 4 members (excludes halogenated alkanes) is 2. The van der Waals surface area contributed by atoms with Crippen LogP contribution in [0.1, 0.15) is 107 Å². The maximum Gasteiger partial charge on any atom is 0.239 e. The zero-order chi connectivity index (χ0) is 39.8. The summed E-state index contributed by atoms with van der Waals surface area (Å²) >= 11 is 0. The molecule has 7 atom stereocenters. The molecule has 2 aromatic carbocycles. The van der Waals surface area contributed by atoms with Gasteiger partial charge in [-0.1, -0.05) is 55.3 Å². The molecule has 2 saturated carbocycles. The van der Waals surface area contributed by atoms with Gasteiger partial charge in [0.15, 0.2) is 0 Å². The zero-order valence-electron chi connectivity index (χ0n) is 33.5. The number of oxime groups is 1. The van der Waals surface area contributed by atoms with E-state index < -0.39 is 24.0 Å². The van der Waals surface area contributed by atoms with Crippen molar-refractivity contribution in [1.82, 2.24) is 4.90 Å². The van der Waals surface area contributed by atoms with Crippen molar-refractivity contribution in [3.63, 3.8) is 0 Å². The van der Waals surface area contributed by atoms with E-state index in [1.54, 1.807) is 24.3 Å². The average Bonchev–Trinajstić information content (AvgIpc) is 4.09. The Morgan fingerprint density at radius 1 is 1.07 bits per heavy atom. The summed E-state index contributed by atoms with van der Waals surface area (Å²) in [7, 11) is 0. The highest BCUT2D eigenvalue weighted by Gasteiger charge is 2.65. The second-order valence-corrected chi connectivity index (χ2v) is 16.4. The minimum atomic E-state index is -1.29. The van der Waals surface area contributed by atoms with Crippen LogP contribution in [-0.2, 0) is 25.7 Å². The van der Waals surface area contributed by atoms with Crippen LogP contribution in [-0.4, -0.2) is 77.8 Å². The maximum absolute atomic E-state index is 14.7. The standard InChI is InChI=1S/C46H61FN2O8/c1-3-22-49(45(52)31-18-19-31)41-29-39(48-57-42-17-9-12-26-53-42)36-27-32(13-7-10-23-50)35(15-8-11-24-51)43-37-28-34(54-30-33-14-5-6-16-38(33)47)20-21-40(37)56-46(41,44(36)43)55-25-4-2/h4-6,14,16,20-21,27-28,31-32,35,41-44,50-51H,2-3,7-13,15,17-19,22-26,29-30H2,1H3. The van der Waals surface area contributed by atoms with Gasteiger partial charge in [0.1, 0.15) is 30.0 Å². The Hall–Kier alpha value is -3.77. The Morgan fingerprint density at radius 3 is 2.60 bits per heavy atom. The number of benzene rings is 2. The van der Waals surface area contributed by atoms with Crippen molar-refractivity contribution >= 4 is 11.6 Å². The molecule has 7 unspecified atom stereocenters. The summed E-state index contributed by atoms with van der Waals surface area (Å²) in [6, 6.07) is 11.9. The fraction of sp³-hybridized carbons (Fsp3) is 0.609. The number of halogens is 1. The summed E-state index contributed by atoms with van der Waals surface area (Å²) in [5.74, 6) is -0.653. The van der Waals surface area contributed by atoms with Gasteiger partial charge in [0.25, 0.3) is 0 Å². The Kier molecular flexibility index (Phi) is 14.0. The number of nitrogens with zero attached hydrogens (tertiary/aromatic N) is 2. The fourth-order valence-corrected chi connectivity index (χ4v) is 9.66. The molecule has 1 saturated heterocycles. The number of fused-ring (bicyclic) bond motifs is 2. The lowest BCUT2D eigenvalue weighted by Crippen LogP contribution is -2.70. The van der Waals surface area contributed by atoms with Gasteiger partial charge in [-0.3, -0.25) is 4.79 Å². The Bertz CT molecular complexity index is 1740. The molecule has 0 spiro atoms. The van der Waals surface area contributed by atoms with Crippen molar-refractivity contribution in [2.45, 2.75) is 121 Å². The van der Waals surface area contributed by atoms with Crippen molar-refractivity contribution in [3.8, 4) is 11.5 Å². The van der Waals surface area contributed by atoms with Crippen molar-refractivity contribution in [2.24, 2.45) is 28.8 Å². The lowest BCUT2D eigenvalue weighted by molar-refractivity contribution is -0.258. The lowest BCUT2D eigenvalue weighted by Gasteiger charge is -2.60. The molecule has 2 N–H and O–H groups in total. The number of aliphatic hydroxyl groups excluding tert-OH is 2. The number of ether oxygens (including phenoxy) is 4. The molecule has 2 aliphatic heterocycles. The van der Waals surface area contributed by atoms with Crippen LogP contribution in [0.25, 0.3) is 0 Å². The van der Waals surface area contributed by atoms with Gasteiger partial charge in [0, 0.05) is 55.6 Å². The highest BCUT2D eigenvalue weighted by Crippen LogP contribution is 2.62. The van der Waals surface area contributed by atoms with Crippen LogP contribution in [0.2, 0.25) is 0 Å². The van der Waals surface area contributed by atoms with Crippen LogP contribution in [0.3, 0.4) is 0 Å². The van der Waals surface area contributed by atoms with Gasteiger partial charge in [-0.2, -0.15) is 0 Å². The first kappa shape index (κ1) is 41.4. The highest BCUT2D eigenvalue weighted by atomic mass is 19.1. The second-order valence-electron chi connectivity index (χ2n) is 16.4. The van der Waals surface area contributed by atoms with E-state index in [-0.39, 0.29) is 61.8 Å². The molecule has 7 rings (SSSR count). The zero-order valence-corrected chi connectivity index (χ0v) is 33.5. The van der Waals surface area contributed by atoms with Gasteiger partial charge in [-0.05, 0) is 99.5 Å². The maximum atomic E-state index is 14.7. The first-order valence-electron chi connectivity index (χ1n) is 21.4. The van der Waals surface area contributed by atoms with Gasteiger partial charge < -0.3 is 38.9 Å². The summed E-state index contributed by atoms with van der Waals surface area (Å²) in [6.07, 6.45) is 14.0. The third-order valence-corrected chi connectivity index (χ3v) is 12.5. The van der Waals surface area contributed by atoms with Gasteiger partial charge in [0.2, 0.25) is 18.0 Å². The van der Waals surface area contributed by atoms with E-state index in [2.05, 4.69) is 19.6 Å².